The summed E-state index contributed by atoms with van der Waals surface area (Å²) in [5.41, 5.74) is 3.53. The lowest BCUT2D eigenvalue weighted by Gasteiger charge is -2.19. The van der Waals surface area contributed by atoms with Crippen LogP contribution in [0, 0.1) is 5.92 Å². The number of rotatable bonds is 5. The number of ether oxygens (including phenoxy) is 1. The summed E-state index contributed by atoms with van der Waals surface area (Å²) in [4.78, 5) is 16.9. The number of hydrogen-bond donors (Lipinski definition) is 1. The molecule has 1 aromatic carbocycles. The zero-order chi connectivity index (χ0) is 18.6. The molecule has 3 heterocycles. The molecule has 2 atom stereocenters. The molecule has 0 bridgehead atoms. The van der Waals surface area contributed by atoms with E-state index in [1.807, 2.05) is 48.5 Å². The lowest BCUT2D eigenvalue weighted by molar-refractivity contribution is 0.0915. The summed E-state index contributed by atoms with van der Waals surface area (Å²) in [6.07, 6.45) is 4.44. The topological polar surface area (TPSA) is 69.0 Å². The number of pyridine rings is 1. The Labute approximate surface area is 158 Å². The molecule has 6 nitrogen and oxygen atoms in total. The van der Waals surface area contributed by atoms with E-state index < -0.39 is 0 Å². The normalized spacial score (nSPS) is 19.1. The Kier molecular flexibility index (Phi) is 4.98. The van der Waals surface area contributed by atoms with Crippen LogP contribution in [0.1, 0.15) is 16.1 Å². The molecular weight excluding hydrogens is 340 g/mol. The van der Waals surface area contributed by atoms with Crippen molar-refractivity contribution in [1.29, 1.82) is 0 Å². The largest absolute Gasteiger partial charge is 0.379 e. The fourth-order valence-electron chi connectivity index (χ4n) is 3.45. The van der Waals surface area contributed by atoms with E-state index >= 15 is 0 Å². The summed E-state index contributed by atoms with van der Waals surface area (Å²) < 4.78 is 7.26. The molecule has 138 valence electrons. The molecule has 1 N–H and O–H groups in total. The monoisotopic (exact) mass is 362 g/mol. The smallest absolute Gasteiger partial charge is 0.269 e. The molecule has 0 saturated carbocycles. The zero-order valence-corrected chi connectivity index (χ0v) is 15.2. The molecule has 0 unspecified atom stereocenters. The Morgan fingerprint density at radius 1 is 1.19 bits per heavy atom. The summed E-state index contributed by atoms with van der Waals surface area (Å²) in [6.45, 7) is 1.18. The molecule has 4 rings (SSSR count). The highest BCUT2D eigenvalue weighted by Gasteiger charge is 2.30. The molecule has 1 amide bonds. The van der Waals surface area contributed by atoms with Crippen LogP contribution in [0.3, 0.4) is 0 Å². The molecule has 1 aliphatic heterocycles. The Morgan fingerprint density at radius 2 is 1.96 bits per heavy atom. The van der Waals surface area contributed by atoms with Gasteiger partial charge >= 0.3 is 0 Å². The Balaban J connectivity index is 1.46. The van der Waals surface area contributed by atoms with Crippen LogP contribution in [0.2, 0.25) is 0 Å². The molecule has 1 aliphatic rings. The van der Waals surface area contributed by atoms with Crippen LogP contribution in [0.4, 0.5) is 0 Å². The second-order valence-corrected chi connectivity index (χ2v) is 6.84. The quantitative estimate of drug-likeness (QED) is 0.757. The second kappa shape index (κ2) is 7.72. The first-order chi connectivity index (χ1) is 13.2. The molecule has 1 fully saturated rings. The first-order valence-corrected chi connectivity index (χ1v) is 9.07. The number of amides is 1. The Hall–Kier alpha value is -2.99. The van der Waals surface area contributed by atoms with Crippen molar-refractivity contribution in [2.75, 3.05) is 13.2 Å². The predicted octanol–water partition coefficient (Wildman–Crippen LogP) is 2.47. The van der Waals surface area contributed by atoms with E-state index in [-0.39, 0.29) is 17.9 Å². The van der Waals surface area contributed by atoms with Crippen LogP contribution in [0.25, 0.3) is 11.3 Å². The van der Waals surface area contributed by atoms with Gasteiger partial charge in [0.05, 0.1) is 24.9 Å². The molecular formula is C21H22N4O2. The minimum absolute atomic E-state index is 0.0132. The van der Waals surface area contributed by atoms with Gasteiger partial charge in [0.15, 0.2) is 0 Å². The first-order valence-electron chi connectivity index (χ1n) is 9.07. The minimum Gasteiger partial charge on any atom is -0.379 e. The maximum Gasteiger partial charge on any atom is 0.269 e. The lowest BCUT2D eigenvalue weighted by Crippen LogP contribution is -2.41. The molecule has 0 radical (unpaired) electrons. The summed E-state index contributed by atoms with van der Waals surface area (Å²) in [5.74, 6) is 0.126. The number of benzene rings is 1. The maximum absolute atomic E-state index is 12.8. The van der Waals surface area contributed by atoms with Gasteiger partial charge in [-0.3, -0.25) is 14.5 Å². The van der Waals surface area contributed by atoms with Gasteiger partial charge in [-0.25, -0.2) is 0 Å². The van der Waals surface area contributed by atoms with E-state index in [0.29, 0.717) is 18.9 Å². The molecule has 27 heavy (non-hydrogen) atoms. The fraction of sp³-hybridized carbons (Fsp3) is 0.286. The van der Waals surface area contributed by atoms with Crippen molar-refractivity contribution in [3.63, 3.8) is 0 Å². The van der Waals surface area contributed by atoms with Gasteiger partial charge in [0, 0.05) is 30.9 Å². The SMILES string of the molecule is Cn1nc(-c2ccccc2)cc1C(=O)N[C@H]1COC[C@H]1Cc1ccncc1. The average Bonchev–Trinajstić information content (AvgIpc) is 3.30. The van der Waals surface area contributed by atoms with Gasteiger partial charge in [-0.05, 0) is 30.2 Å². The predicted molar refractivity (Wildman–Crippen MR) is 102 cm³/mol. The van der Waals surface area contributed by atoms with Crippen molar-refractivity contribution in [3.05, 3.63) is 72.2 Å². The van der Waals surface area contributed by atoms with Gasteiger partial charge in [-0.2, -0.15) is 5.10 Å². The van der Waals surface area contributed by atoms with Crippen molar-refractivity contribution in [2.45, 2.75) is 12.5 Å². The van der Waals surface area contributed by atoms with Gasteiger partial charge in [-0.15, -0.1) is 0 Å². The molecule has 3 aromatic rings. The van der Waals surface area contributed by atoms with Crippen LogP contribution < -0.4 is 5.32 Å². The van der Waals surface area contributed by atoms with Gasteiger partial charge in [0.25, 0.3) is 5.91 Å². The zero-order valence-electron chi connectivity index (χ0n) is 15.2. The maximum atomic E-state index is 12.8. The number of nitrogens with zero attached hydrogens (tertiary/aromatic N) is 3. The van der Waals surface area contributed by atoms with Gasteiger partial charge in [0.2, 0.25) is 0 Å². The van der Waals surface area contributed by atoms with E-state index in [9.17, 15) is 4.79 Å². The molecule has 1 saturated heterocycles. The summed E-state index contributed by atoms with van der Waals surface area (Å²) >= 11 is 0. The van der Waals surface area contributed by atoms with Gasteiger partial charge < -0.3 is 10.1 Å². The molecule has 0 aliphatic carbocycles. The van der Waals surface area contributed by atoms with E-state index in [0.717, 1.165) is 17.7 Å². The van der Waals surface area contributed by atoms with Crippen LogP contribution in [-0.4, -0.2) is 39.9 Å². The number of hydrogen-bond acceptors (Lipinski definition) is 4. The van der Waals surface area contributed by atoms with E-state index in [2.05, 4.69) is 15.4 Å². The third kappa shape index (κ3) is 3.90. The summed E-state index contributed by atoms with van der Waals surface area (Å²) in [6, 6.07) is 15.7. The third-order valence-electron chi connectivity index (χ3n) is 4.94. The molecule has 2 aromatic heterocycles. The molecule has 6 heteroatoms. The summed E-state index contributed by atoms with van der Waals surface area (Å²) in [7, 11) is 1.79. The number of nitrogens with one attached hydrogen (secondary N) is 1. The third-order valence-corrected chi connectivity index (χ3v) is 4.94. The van der Waals surface area contributed by atoms with Crippen LogP contribution in [0.15, 0.2) is 60.9 Å². The van der Waals surface area contributed by atoms with E-state index in [1.165, 1.54) is 5.56 Å². The first kappa shape index (κ1) is 17.4. The van der Waals surface area contributed by atoms with Crippen molar-refractivity contribution in [1.82, 2.24) is 20.1 Å². The van der Waals surface area contributed by atoms with Gasteiger partial charge in [0.1, 0.15) is 5.69 Å². The second-order valence-electron chi connectivity index (χ2n) is 6.84. The minimum atomic E-state index is -0.123. The van der Waals surface area contributed by atoms with Crippen molar-refractivity contribution < 1.29 is 9.53 Å². The van der Waals surface area contributed by atoms with E-state index in [4.69, 9.17) is 4.74 Å². The number of carbonyl (C=O) groups is 1. The fourth-order valence-corrected chi connectivity index (χ4v) is 3.45. The van der Waals surface area contributed by atoms with Crippen molar-refractivity contribution >= 4 is 5.91 Å². The lowest BCUT2D eigenvalue weighted by atomic mass is 9.95. The highest BCUT2D eigenvalue weighted by atomic mass is 16.5. The number of aryl methyl sites for hydroxylation is 1. The standard InChI is InChI=1S/C21H22N4O2/c1-25-20(12-18(24-25)16-5-3-2-4-6-16)21(26)23-19-14-27-13-17(19)11-15-7-9-22-10-8-15/h2-10,12,17,19H,11,13-14H2,1H3,(H,23,26)/t17-,19+/m1/s1. The average molecular weight is 362 g/mol. The van der Waals surface area contributed by atoms with Crippen LogP contribution >= 0.6 is 0 Å². The molecule has 0 spiro atoms. The van der Waals surface area contributed by atoms with Crippen LogP contribution in [-0.2, 0) is 18.2 Å². The van der Waals surface area contributed by atoms with Gasteiger partial charge in [-0.1, -0.05) is 30.3 Å². The highest BCUT2D eigenvalue weighted by molar-refractivity contribution is 5.94. The number of aromatic nitrogens is 3. The Bertz CT molecular complexity index is 908. The number of carbonyl (C=O) groups excluding carboxylic acids is 1. The highest BCUT2D eigenvalue weighted by Crippen LogP contribution is 2.21. The van der Waals surface area contributed by atoms with Crippen LogP contribution in [0.5, 0.6) is 0 Å². The van der Waals surface area contributed by atoms with E-state index in [1.54, 1.807) is 24.1 Å². The summed E-state index contributed by atoms with van der Waals surface area (Å²) in [5, 5.41) is 7.61. The van der Waals surface area contributed by atoms with Crippen molar-refractivity contribution in [2.24, 2.45) is 13.0 Å². The van der Waals surface area contributed by atoms with Crippen molar-refractivity contribution in [3.8, 4) is 11.3 Å². The Morgan fingerprint density at radius 3 is 2.74 bits per heavy atom.